The lowest BCUT2D eigenvalue weighted by Gasteiger charge is -2.41. The molecule has 23 heavy (non-hydrogen) atoms. The molecule has 1 saturated heterocycles. The van der Waals surface area contributed by atoms with Crippen molar-refractivity contribution < 1.29 is 9.59 Å². The number of carbonyl (C=O) groups is 2. The van der Waals surface area contributed by atoms with Crippen molar-refractivity contribution in [2.75, 3.05) is 26.2 Å². The number of nitrogens with two attached hydrogens (primary N) is 1. The molecule has 0 aromatic carbocycles. The van der Waals surface area contributed by atoms with Crippen LogP contribution in [-0.2, 0) is 4.79 Å². The molecule has 5 heteroatoms. The van der Waals surface area contributed by atoms with Gasteiger partial charge in [-0.3, -0.25) is 4.79 Å². The Morgan fingerprint density at radius 1 is 1.00 bits per heavy atom. The van der Waals surface area contributed by atoms with Crippen LogP contribution in [0.4, 0.5) is 4.79 Å². The molecule has 5 nitrogen and oxygen atoms in total. The summed E-state index contributed by atoms with van der Waals surface area (Å²) >= 11 is 0. The van der Waals surface area contributed by atoms with Crippen LogP contribution in [0.25, 0.3) is 0 Å². The summed E-state index contributed by atoms with van der Waals surface area (Å²) in [5, 5.41) is 0. The normalized spacial score (nSPS) is 36.0. The van der Waals surface area contributed by atoms with Crippen LogP contribution in [0, 0.1) is 16.2 Å². The summed E-state index contributed by atoms with van der Waals surface area (Å²) in [7, 11) is 0. The van der Waals surface area contributed by atoms with Crippen LogP contribution < -0.4 is 5.73 Å². The summed E-state index contributed by atoms with van der Waals surface area (Å²) in [5.74, 6) is 0.0686. The van der Waals surface area contributed by atoms with Gasteiger partial charge < -0.3 is 15.5 Å². The zero-order valence-corrected chi connectivity index (χ0v) is 14.6. The van der Waals surface area contributed by atoms with Gasteiger partial charge >= 0.3 is 6.03 Å². The number of nitrogens with zero attached hydrogens (tertiary/aromatic N) is 2. The van der Waals surface area contributed by atoms with Gasteiger partial charge in [0.25, 0.3) is 0 Å². The predicted octanol–water partition coefficient (Wildman–Crippen LogP) is 2.37. The first-order valence-electron chi connectivity index (χ1n) is 8.73. The molecular weight excluding hydrogens is 290 g/mol. The van der Waals surface area contributed by atoms with Gasteiger partial charge in [0.1, 0.15) is 0 Å². The second-order valence-corrected chi connectivity index (χ2v) is 8.43. The van der Waals surface area contributed by atoms with E-state index in [1.807, 2.05) is 4.90 Å². The molecule has 0 aromatic heterocycles. The molecule has 3 amide bonds. The number of amides is 3. The highest BCUT2D eigenvalue weighted by Gasteiger charge is 2.70. The third kappa shape index (κ3) is 2.54. The largest absolute Gasteiger partial charge is 0.351 e. The Morgan fingerprint density at radius 3 is 2.17 bits per heavy atom. The van der Waals surface area contributed by atoms with Gasteiger partial charge in [-0.25, -0.2) is 4.79 Å². The first-order valence-corrected chi connectivity index (χ1v) is 8.73. The second kappa shape index (κ2) is 5.25. The van der Waals surface area contributed by atoms with Crippen molar-refractivity contribution >= 4 is 11.9 Å². The maximum Gasteiger partial charge on any atom is 0.314 e. The summed E-state index contributed by atoms with van der Waals surface area (Å²) in [6, 6.07) is -0.399. The Morgan fingerprint density at radius 2 is 1.61 bits per heavy atom. The fourth-order valence-corrected chi connectivity index (χ4v) is 5.03. The van der Waals surface area contributed by atoms with Gasteiger partial charge in [0, 0.05) is 26.2 Å². The topological polar surface area (TPSA) is 66.6 Å². The number of hydrogen-bond acceptors (Lipinski definition) is 2. The summed E-state index contributed by atoms with van der Waals surface area (Å²) in [5.41, 5.74) is 6.10. The molecule has 3 aliphatic rings. The number of primary amides is 1. The first-order chi connectivity index (χ1) is 10.7. The highest BCUT2D eigenvalue weighted by atomic mass is 16.2. The highest BCUT2D eigenvalue weighted by Crippen LogP contribution is 2.78. The van der Waals surface area contributed by atoms with Crippen LogP contribution in [0.15, 0.2) is 12.2 Å². The van der Waals surface area contributed by atoms with Crippen molar-refractivity contribution in [3.05, 3.63) is 12.2 Å². The van der Waals surface area contributed by atoms with Crippen LogP contribution in [0.5, 0.6) is 0 Å². The quantitative estimate of drug-likeness (QED) is 0.794. The Balaban J connectivity index is 1.65. The van der Waals surface area contributed by atoms with E-state index in [9.17, 15) is 9.59 Å². The van der Waals surface area contributed by atoms with E-state index in [1.165, 1.54) is 25.7 Å². The van der Waals surface area contributed by atoms with Gasteiger partial charge in [-0.1, -0.05) is 33.3 Å². The van der Waals surface area contributed by atoms with Gasteiger partial charge in [-0.05, 0) is 41.6 Å². The molecule has 2 atom stereocenters. The monoisotopic (exact) mass is 319 g/mol. The van der Waals surface area contributed by atoms with E-state index >= 15 is 0 Å². The highest BCUT2D eigenvalue weighted by molar-refractivity contribution is 5.88. The van der Waals surface area contributed by atoms with E-state index in [-0.39, 0.29) is 16.7 Å². The lowest BCUT2D eigenvalue weighted by atomic mass is 9.63. The van der Waals surface area contributed by atoms with Gasteiger partial charge in [0.2, 0.25) is 5.91 Å². The van der Waals surface area contributed by atoms with E-state index in [0.29, 0.717) is 31.6 Å². The second-order valence-electron chi connectivity index (χ2n) is 8.43. The molecule has 3 fully saturated rings. The number of piperazine rings is 1. The number of fused-ring (bicyclic) bond motifs is 1. The van der Waals surface area contributed by atoms with Crippen molar-refractivity contribution in [3.8, 4) is 0 Å². The first kappa shape index (κ1) is 16.3. The number of carbonyl (C=O) groups excluding carboxylic acids is 2. The number of allylic oxidation sites excluding steroid dienone is 1. The average molecular weight is 319 g/mol. The van der Waals surface area contributed by atoms with Crippen molar-refractivity contribution in [2.24, 2.45) is 22.0 Å². The molecule has 2 aliphatic carbocycles. The molecular formula is C18H29N3O2. The van der Waals surface area contributed by atoms with Gasteiger partial charge in [-0.15, -0.1) is 0 Å². The third-order valence-corrected chi connectivity index (χ3v) is 6.77. The zero-order chi connectivity index (χ0) is 16.9. The molecule has 0 radical (unpaired) electrons. The number of urea groups is 1. The average Bonchev–Trinajstić information content (AvgIpc) is 3.13. The lowest BCUT2D eigenvalue weighted by molar-refractivity contribution is -0.127. The Bertz CT molecular complexity index is 548. The van der Waals surface area contributed by atoms with Gasteiger partial charge in [0.05, 0.1) is 0 Å². The fraction of sp³-hybridized carbons (Fsp3) is 0.778. The molecule has 1 heterocycles. The smallest absolute Gasteiger partial charge is 0.314 e. The maximum absolute atomic E-state index is 12.5. The van der Waals surface area contributed by atoms with Crippen LogP contribution in [0.1, 0.15) is 46.5 Å². The summed E-state index contributed by atoms with van der Waals surface area (Å²) in [6.45, 7) is 9.26. The Kier molecular flexibility index (Phi) is 3.73. The molecule has 0 spiro atoms. The molecule has 0 bridgehead atoms. The zero-order valence-electron chi connectivity index (χ0n) is 14.6. The van der Waals surface area contributed by atoms with E-state index in [4.69, 9.17) is 5.73 Å². The minimum absolute atomic E-state index is 0.0686. The van der Waals surface area contributed by atoms with E-state index in [0.717, 1.165) is 0 Å². The minimum Gasteiger partial charge on any atom is -0.351 e. The lowest BCUT2D eigenvalue weighted by Crippen LogP contribution is -2.51. The molecule has 3 rings (SSSR count). The number of hydrogen-bond donors (Lipinski definition) is 1. The van der Waals surface area contributed by atoms with E-state index in [2.05, 4.69) is 26.8 Å². The summed E-state index contributed by atoms with van der Waals surface area (Å²) in [6.07, 6.45) is 8.99. The molecule has 128 valence electrons. The number of rotatable bonds is 2. The van der Waals surface area contributed by atoms with E-state index < -0.39 is 6.03 Å². The van der Waals surface area contributed by atoms with Crippen LogP contribution in [0.3, 0.4) is 0 Å². The molecule has 2 unspecified atom stereocenters. The Labute approximate surface area is 138 Å². The molecule has 0 aromatic rings. The molecule has 2 N–H and O–H groups in total. The van der Waals surface area contributed by atoms with Crippen molar-refractivity contribution in [1.82, 2.24) is 9.80 Å². The molecule has 1 aliphatic heterocycles. The minimum atomic E-state index is -0.399. The fourth-order valence-electron chi connectivity index (χ4n) is 5.03. The molecule has 2 saturated carbocycles. The standard InChI is InChI=1S/C18H29N3O2/c1-16(2)6-4-7-17(3)13-18(16,17)8-5-14(22)20-9-11-21(12-10-20)15(19)23/h5,8H,4,6-7,9-13H2,1-3H3,(H2,19,23). The van der Waals surface area contributed by atoms with Crippen LogP contribution >= 0.6 is 0 Å². The van der Waals surface area contributed by atoms with Crippen molar-refractivity contribution in [2.45, 2.75) is 46.5 Å². The predicted molar refractivity (Wildman–Crippen MR) is 89.7 cm³/mol. The SMILES string of the molecule is CC1(C)CCCC2(C)CC12C=CC(=O)N1CCN(C(N)=O)CC1. The van der Waals surface area contributed by atoms with Crippen LogP contribution in [0.2, 0.25) is 0 Å². The van der Waals surface area contributed by atoms with Gasteiger partial charge in [-0.2, -0.15) is 0 Å². The third-order valence-electron chi connectivity index (χ3n) is 6.77. The summed E-state index contributed by atoms with van der Waals surface area (Å²) in [4.78, 5) is 27.1. The van der Waals surface area contributed by atoms with Crippen molar-refractivity contribution in [3.63, 3.8) is 0 Å². The van der Waals surface area contributed by atoms with E-state index in [1.54, 1.807) is 11.0 Å². The van der Waals surface area contributed by atoms with Crippen molar-refractivity contribution in [1.29, 1.82) is 0 Å². The Hall–Kier alpha value is -1.52. The maximum atomic E-state index is 12.5. The van der Waals surface area contributed by atoms with Crippen LogP contribution in [-0.4, -0.2) is 47.9 Å². The van der Waals surface area contributed by atoms with Gasteiger partial charge in [0.15, 0.2) is 0 Å². The summed E-state index contributed by atoms with van der Waals surface area (Å²) < 4.78 is 0.